The van der Waals surface area contributed by atoms with Crippen molar-refractivity contribution in [1.82, 2.24) is 14.8 Å². The minimum absolute atomic E-state index is 0.208. The van der Waals surface area contributed by atoms with Crippen LogP contribution in [0, 0.1) is 6.92 Å². The van der Waals surface area contributed by atoms with Crippen molar-refractivity contribution in [3.63, 3.8) is 0 Å². The summed E-state index contributed by atoms with van der Waals surface area (Å²) >= 11 is 0. The van der Waals surface area contributed by atoms with Gasteiger partial charge in [-0.05, 0) is 36.5 Å². The van der Waals surface area contributed by atoms with Crippen molar-refractivity contribution >= 4 is 5.95 Å². The van der Waals surface area contributed by atoms with Crippen LogP contribution in [-0.2, 0) is 6.42 Å². The molecule has 0 saturated carbocycles. The fourth-order valence-electron chi connectivity index (χ4n) is 3.48. The Morgan fingerprint density at radius 2 is 1.96 bits per heavy atom. The Morgan fingerprint density at radius 3 is 2.71 bits per heavy atom. The Morgan fingerprint density at radius 1 is 1.12 bits per heavy atom. The van der Waals surface area contributed by atoms with Crippen molar-refractivity contribution in [2.24, 2.45) is 0 Å². The highest BCUT2D eigenvalue weighted by molar-refractivity contribution is 5.39. The molecule has 0 bridgehead atoms. The molecule has 0 amide bonds. The SMILES string of the molecule is CCc1ccc(C2CC(c3cccc(C)c3)n3ncnc3N2)cc1. The summed E-state index contributed by atoms with van der Waals surface area (Å²) in [6, 6.07) is 18.0. The van der Waals surface area contributed by atoms with E-state index in [4.69, 9.17) is 0 Å². The fourth-order valence-corrected chi connectivity index (χ4v) is 3.48. The van der Waals surface area contributed by atoms with Crippen molar-refractivity contribution in [1.29, 1.82) is 0 Å². The molecule has 0 fully saturated rings. The standard InChI is InChI=1S/C20H22N4/c1-3-15-7-9-16(10-8-15)18-12-19(17-6-4-5-14(2)11-17)24-20(23-18)21-13-22-24/h4-11,13,18-19H,3,12H2,1-2H3,(H,21,22,23). The molecule has 2 atom stereocenters. The number of nitrogens with zero attached hydrogens (tertiary/aromatic N) is 3. The van der Waals surface area contributed by atoms with E-state index in [0.29, 0.717) is 0 Å². The number of hydrogen-bond donors (Lipinski definition) is 1. The van der Waals surface area contributed by atoms with Crippen molar-refractivity contribution in [3.05, 3.63) is 77.1 Å². The van der Waals surface area contributed by atoms with Gasteiger partial charge in [0.15, 0.2) is 0 Å². The fraction of sp³-hybridized carbons (Fsp3) is 0.300. The lowest BCUT2D eigenvalue weighted by molar-refractivity contribution is 0.430. The van der Waals surface area contributed by atoms with Crippen molar-refractivity contribution in [2.75, 3.05) is 5.32 Å². The van der Waals surface area contributed by atoms with Crippen molar-refractivity contribution < 1.29 is 0 Å². The molecule has 2 unspecified atom stereocenters. The van der Waals surface area contributed by atoms with Gasteiger partial charge in [-0.1, -0.05) is 61.0 Å². The third kappa shape index (κ3) is 2.68. The third-order valence-corrected chi connectivity index (χ3v) is 4.85. The molecule has 3 aromatic rings. The molecule has 1 aliphatic heterocycles. The minimum Gasteiger partial charge on any atom is -0.348 e. The number of aryl methyl sites for hydroxylation is 2. The van der Waals surface area contributed by atoms with Crippen molar-refractivity contribution in [3.8, 4) is 0 Å². The van der Waals surface area contributed by atoms with Crippen molar-refractivity contribution in [2.45, 2.75) is 38.8 Å². The van der Waals surface area contributed by atoms with Gasteiger partial charge in [0.1, 0.15) is 6.33 Å². The molecule has 24 heavy (non-hydrogen) atoms. The van der Waals surface area contributed by atoms with Crippen LogP contribution in [0.3, 0.4) is 0 Å². The van der Waals surface area contributed by atoms with E-state index in [1.165, 1.54) is 22.3 Å². The van der Waals surface area contributed by atoms with E-state index in [2.05, 4.69) is 77.8 Å². The van der Waals surface area contributed by atoms with E-state index in [-0.39, 0.29) is 12.1 Å². The molecule has 2 heterocycles. The highest BCUT2D eigenvalue weighted by atomic mass is 15.4. The van der Waals surface area contributed by atoms with Gasteiger partial charge in [0.2, 0.25) is 5.95 Å². The predicted molar refractivity (Wildman–Crippen MR) is 96.1 cm³/mol. The van der Waals surface area contributed by atoms with E-state index in [0.717, 1.165) is 18.8 Å². The number of benzene rings is 2. The topological polar surface area (TPSA) is 42.7 Å². The van der Waals surface area contributed by atoms with Gasteiger partial charge in [-0.25, -0.2) is 4.68 Å². The summed E-state index contributed by atoms with van der Waals surface area (Å²) in [5.41, 5.74) is 5.24. The summed E-state index contributed by atoms with van der Waals surface area (Å²) < 4.78 is 2.01. The summed E-state index contributed by atoms with van der Waals surface area (Å²) in [4.78, 5) is 4.41. The summed E-state index contributed by atoms with van der Waals surface area (Å²) in [5, 5.41) is 7.98. The third-order valence-electron chi connectivity index (χ3n) is 4.85. The molecule has 122 valence electrons. The Bertz CT molecular complexity index is 835. The lowest BCUT2D eigenvalue weighted by Crippen LogP contribution is -2.28. The van der Waals surface area contributed by atoms with Crippen LogP contribution in [0.15, 0.2) is 54.9 Å². The first-order valence-corrected chi connectivity index (χ1v) is 8.56. The maximum Gasteiger partial charge on any atom is 0.222 e. The molecular weight excluding hydrogens is 296 g/mol. The molecule has 1 N–H and O–H groups in total. The number of nitrogens with one attached hydrogen (secondary N) is 1. The first-order valence-electron chi connectivity index (χ1n) is 8.56. The zero-order chi connectivity index (χ0) is 16.5. The van der Waals surface area contributed by atoms with Crippen LogP contribution in [-0.4, -0.2) is 14.8 Å². The summed E-state index contributed by atoms with van der Waals surface area (Å²) in [5.74, 6) is 0.845. The van der Waals surface area contributed by atoms with Gasteiger partial charge in [0, 0.05) is 0 Å². The van der Waals surface area contributed by atoms with Crippen LogP contribution in [0.1, 0.15) is 47.7 Å². The molecule has 0 saturated heterocycles. The van der Waals surface area contributed by atoms with Crippen LogP contribution < -0.4 is 5.32 Å². The number of anilines is 1. The second-order valence-electron chi connectivity index (χ2n) is 6.49. The quantitative estimate of drug-likeness (QED) is 0.783. The van der Waals surface area contributed by atoms with Gasteiger partial charge in [-0.2, -0.15) is 10.1 Å². The maximum absolute atomic E-state index is 4.44. The van der Waals surface area contributed by atoms with Gasteiger partial charge in [-0.15, -0.1) is 0 Å². The summed E-state index contributed by atoms with van der Waals surface area (Å²) in [6.45, 7) is 4.32. The molecule has 4 heteroatoms. The normalized spacial score (nSPS) is 19.6. The predicted octanol–water partition coefficient (Wildman–Crippen LogP) is 4.30. The second kappa shape index (κ2) is 6.11. The van der Waals surface area contributed by atoms with Crippen LogP contribution in [0.4, 0.5) is 5.95 Å². The Labute approximate surface area is 142 Å². The lowest BCUT2D eigenvalue weighted by Gasteiger charge is -2.32. The summed E-state index contributed by atoms with van der Waals surface area (Å²) in [7, 11) is 0. The highest BCUT2D eigenvalue weighted by Gasteiger charge is 2.29. The molecule has 0 aliphatic carbocycles. The number of fused-ring (bicyclic) bond motifs is 1. The zero-order valence-corrected chi connectivity index (χ0v) is 14.1. The van der Waals surface area contributed by atoms with Crippen LogP contribution in [0.5, 0.6) is 0 Å². The molecule has 4 nitrogen and oxygen atoms in total. The van der Waals surface area contributed by atoms with E-state index in [1.54, 1.807) is 6.33 Å². The average Bonchev–Trinajstić information content (AvgIpc) is 3.09. The van der Waals surface area contributed by atoms with E-state index in [1.807, 2.05) is 4.68 Å². The van der Waals surface area contributed by atoms with Gasteiger partial charge in [0.05, 0.1) is 12.1 Å². The molecule has 0 spiro atoms. The number of aromatic nitrogens is 3. The maximum atomic E-state index is 4.44. The van der Waals surface area contributed by atoms with Gasteiger partial charge in [-0.3, -0.25) is 0 Å². The smallest absolute Gasteiger partial charge is 0.222 e. The Hall–Kier alpha value is -2.62. The van der Waals surface area contributed by atoms with Crippen LogP contribution >= 0.6 is 0 Å². The average molecular weight is 318 g/mol. The Balaban J connectivity index is 1.70. The Kier molecular flexibility index (Phi) is 3.81. The van der Waals surface area contributed by atoms with E-state index < -0.39 is 0 Å². The highest BCUT2D eigenvalue weighted by Crippen LogP contribution is 2.37. The molecule has 4 rings (SSSR count). The van der Waals surface area contributed by atoms with E-state index in [9.17, 15) is 0 Å². The molecule has 0 radical (unpaired) electrons. The monoisotopic (exact) mass is 318 g/mol. The zero-order valence-electron chi connectivity index (χ0n) is 14.1. The first kappa shape index (κ1) is 14.9. The van der Waals surface area contributed by atoms with E-state index >= 15 is 0 Å². The minimum atomic E-state index is 0.208. The lowest BCUT2D eigenvalue weighted by atomic mass is 9.92. The first-order chi connectivity index (χ1) is 11.7. The molecular formula is C20H22N4. The molecule has 1 aromatic heterocycles. The second-order valence-corrected chi connectivity index (χ2v) is 6.49. The van der Waals surface area contributed by atoms with Crippen LogP contribution in [0.2, 0.25) is 0 Å². The van der Waals surface area contributed by atoms with Gasteiger partial charge >= 0.3 is 0 Å². The molecule has 1 aliphatic rings. The largest absolute Gasteiger partial charge is 0.348 e. The van der Waals surface area contributed by atoms with Gasteiger partial charge < -0.3 is 5.32 Å². The van der Waals surface area contributed by atoms with Gasteiger partial charge in [0.25, 0.3) is 0 Å². The summed E-state index contributed by atoms with van der Waals surface area (Å²) in [6.07, 6.45) is 3.66. The number of rotatable bonds is 3. The van der Waals surface area contributed by atoms with Crippen LogP contribution in [0.25, 0.3) is 0 Å². The molecule has 2 aromatic carbocycles. The number of hydrogen-bond acceptors (Lipinski definition) is 3.